The Labute approximate surface area is 171 Å². The van der Waals surface area contributed by atoms with Gasteiger partial charge in [0.2, 0.25) is 5.82 Å². The van der Waals surface area contributed by atoms with Gasteiger partial charge in [-0.2, -0.15) is 20.2 Å². The fourth-order valence-electron chi connectivity index (χ4n) is 3.55. The van der Waals surface area contributed by atoms with Crippen molar-refractivity contribution in [2.24, 2.45) is 0 Å². The Kier molecular flexibility index (Phi) is 4.56. The van der Waals surface area contributed by atoms with E-state index >= 15 is 0 Å². The van der Waals surface area contributed by atoms with Gasteiger partial charge in [0.25, 0.3) is 5.65 Å². The van der Waals surface area contributed by atoms with Crippen LogP contribution in [0.1, 0.15) is 11.1 Å². The van der Waals surface area contributed by atoms with Crippen molar-refractivity contribution in [1.82, 2.24) is 4.98 Å². The molecule has 0 amide bonds. The van der Waals surface area contributed by atoms with Gasteiger partial charge < -0.3 is 15.2 Å². The lowest BCUT2D eigenvalue weighted by atomic mass is 9.96. The number of pyridine rings is 1. The van der Waals surface area contributed by atoms with Crippen LogP contribution >= 0.6 is 0 Å². The molecular weight excluding hydrogens is 380 g/mol. The average Bonchev–Trinajstić information content (AvgIpc) is 3.17. The molecule has 0 aliphatic carbocycles. The SMILES string of the molecule is COc1cc(-c2c(C#N)c(N)[n+]3c([nH]c4ccccc43)c2C#N)ccc1OCC#N. The second-order valence-electron chi connectivity index (χ2n) is 6.37. The number of hydrogen-bond donors (Lipinski definition) is 2. The zero-order valence-corrected chi connectivity index (χ0v) is 15.9. The highest BCUT2D eigenvalue weighted by Crippen LogP contribution is 2.37. The molecule has 2 heterocycles. The van der Waals surface area contributed by atoms with Crippen LogP contribution < -0.4 is 19.6 Å². The fraction of sp³-hybridized carbons (Fsp3) is 0.0909. The van der Waals surface area contributed by atoms with Crippen LogP contribution in [0.4, 0.5) is 5.82 Å². The van der Waals surface area contributed by atoms with E-state index in [1.807, 2.05) is 30.3 Å². The van der Waals surface area contributed by atoms with Gasteiger partial charge >= 0.3 is 0 Å². The van der Waals surface area contributed by atoms with E-state index in [2.05, 4.69) is 17.1 Å². The maximum absolute atomic E-state index is 9.99. The molecule has 8 nitrogen and oxygen atoms in total. The number of anilines is 1. The number of nitriles is 3. The van der Waals surface area contributed by atoms with E-state index in [1.54, 1.807) is 22.6 Å². The number of benzene rings is 2. The maximum Gasteiger partial charge on any atom is 0.250 e. The van der Waals surface area contributed by atoms with Crippen molar-refractivity contribution in [2.45, 2.75) is 0 Å². The van der Waals surface area contributed by atoms with Crippen LogP contribution in [0.25, 0.3) is 27.8 Å². The zero-order chi connectivity index (χ0) is 21.3. The van der Waals surface area contributed by atoms with Gasteiger partial charge in [0.1, 0.15) is 40.4 Å². The van der Waals surface area contributed by atoms with Crippen LogP contribution in [-0.4, -0.2) is 18.7 Å². The number of rotatable bonds is 4. The van der Waals surface area contributed by atoms with Gasteiger partial charge in [-0.1, -0.05) is 18.2 Å². The van der Waals surface area contributed by atoms with Crippen LogP contribution in [-0.2, 0) is 0 Å². The molecule has 0 fully saturated rings. The number of methoxy groups -OCH3 is 1. The fourth-order valence-corrected chi connectivity index (χ4v) is 3.55. The Hall–Kier alpha value is -4.74. The molecule has 0 spiro atoms. The summed E-state index contributed by atoms with van der Waals surface area (Å²) in [6.07, 6.45) is 0. The van der Waals surface area contributed by atoms with Crippen molar-refractivity contribution in [3.63, 3.8) is 0 Å². The van der Waals surface area contributed by atoms with E-state index in [0.717, 1.165) is 11.0 Å². The molecule has 3 N–H and O–H groups in total. The Bertz CT molecular complexity index is 1430. The van der Waals surface area contributed by atoms with Gasteiger partial charge in [-0.25, -0.2) is 0 Å². The Morgan fingerprint density at radius 2 is 1.80 bits per heavy atom. The van der Waals surface area contributed by atoms with Gasteiger partial charge in [0, 0.05) is 5.56 Å². The van der Waals surface area contributed by atoms with Crippen LogP contribution in [0.3, 0.4) is 0 Å². The lowest BCUT2D eigenvalue weighted by Crippen LogP contribution is -2.28. The number of para-hydroxylation sites is 2. The number of hydrogen-bond acceptors (Lipinski definition) is 6. The number of H-pyrrole nitrogens is 1. The molecule has 4 aromatic rings. The summed E-state index contributed by atoms with van der Waals surface area (Å²) in [7, 11) is 1.47. The van der Waals surface area contributed by atoms with Gasteiger partial charge in [-0.15, -0.1) is 0 Å². The molecule has 4 rings (SSSR count). The molecule has 0 aliphatic rings. The molecule has 144 valence electrons. The van der Waals surface area contributed by atoms with Crippen molar-refractivity contribution in [1.29, 1.82) is 15.8 Å². The number of imidazole rings is 1. The van der Waals surface area contributed by atoms with Gasteiger partial charge in [0.15, 0.2) is 18.1 Å². The minimum atomic E-state index is -0.132. The average molecular weight is 395 g/mol. The molecule has 0 bridgehead atoms. The van der Waals surface area contributed by atoms with E-state index < -0.39 is 0 Å². The van der Waals surface area contributed by atoms with Gasteiger partial charge in [0.05, 0.1) is 7.11 Å². The predicted octanol–water partition coefficient (Wildman–Crippen LogP) is 2.81. The summed E-state index contributed by atoms with van der Waals surface area (Å²) in [5.74, 6) is 0.982. The molecule has 0 saturated carbocycles. The minimum absolute atomic E-state index is 0.132. The largest absolute Gasteiger partial charge is 0.493 e. The standard InChI is InChI=1S/C22H14N6O2/c1-29-19-10-13(6-7-18(19)30-9-8-23)20-14(11-24)21(26)28-17-5-3-2-4-16(17)27-22(28)15(20)12-25/h2-7,10H,9H2,1H3,(H2,26,27)/p+1. The number of nitrogens with zero attached hydrogens (tertiary/aromatic N) is 4. The molecule has 8 heteroatoms. The minimum Gasteiger partial charge on any atom is -0.493 e. The van der Waals surface area contributed by atoms with Crippen LogP contribution in [0, 0.1) is 34.0 Å². The first-order chi connectivity index (χ1) is 14.6. The highest BCUT2D eigenvalue weighted by molar-refractivity contribution is 5.87. The van der Waals surface area contributed by atoms with Crippen LogP contribution in [0.2, 0.25) is 0 Å². The third kappa shape index (κ3) is 2.71. The number of nitrogens with one attached hydrogen (secondary N) is 1. The molecular formula is C22H15N6O2+. The number of fused-ring (bicyclic) bond motifs is 3. The van der Waals surface area contributed by atoms with E-state index in [0.29, 0.717) is 28.3 Å². The highest BCUT2D eigenvalue weighted by Gasteiger charge is 2.27. The van der Waals surface area contributed by atoms with Gasteiger partial charge in [-0.05, 0) is 29.8 Å². The highest BCUT2D eigenvalue weighted by atomic mass is 16.5. The molecule has 0 radical (unpaired) electrons. The number of aromatic amines is 1. The van der Waals surface area contributed by atoms with E-state index in [9.17, 15) is 10.5 Å². The molecule has 0 saturated heterocycles. The lowest BCUT2D eigenvalue weighted by molar-refractivity contribution is -0.464. The lowest BCUT2D eigenvalue weighted by Gasteiger charge is -2.13. The third-order valence-electron chi connectivity index (χ3n) is 4.82. The van der Waals surface area contributed by atoms with Crippen molar-refractivity contribution in [3.8, 4) is 40.8 Å². The number of aromatic nitrogens is 2. The maximum atomic E-state index is 9.99. The van der Waals surface area contributed by atoms with E-state index in [1.165, 1.54) is 7.11 Å². The summed E-state index contributed by atoms with van der Waals surface area (Å²) in [5.41, 5.74) is 9.87. The van der Waals surface area contributed by atoms with Crippen molar-refractivity contribution >= 4 is 22.5 Å². The number of nitrogens with two attached hydrogens (primary N) is 1. The zero-order valence-electron chi connectivity index (χ0n) is 15.9. The predicted molar refractivity (Wildman–Crippen MR) is 108 cm³/mol. The van der Waals surface area contributed by atoms with E-state index in [-0.39, 0.29) is 23.6 Å². The smallest absolute Gasteiger partial charge is 0.250 e. The van der Waals surface area contributed by atoms with E-state index in [4.69, 9.17) is 20.5 Å². The molecule has 0 atom stereocenters. The molecule has 2 aromatic carbocycles. The second-order valence-corrected chi connectivity index (χ2v) is 6.37. The monoisotopic (exact) mass is 395 g/mol. The summed E-state index contributed by atoms with van der Waals surface area (Å²) in [4.78, 5) is 3.23. The van der Waals surface area contributed by atoms with Gasteiger partial charge in [-0.3, -0.25) is 4.98 Å². The summed E-state index contributed by atoms with van der Waals surface area (Å²) in [6, 6.07) is 18.7. The summed E-state index contributed by atoms with van der Waals surface area (Å²) >= 11 is 0. The Morgan fingerprint density at radius 3 is 2.50 bits per heavy atom. The molecule has 30 heavy (non-hydrogen) atoms. The normalized spacial score (nSPS) is 10.3. The Morgan fingerprint density at radius 1 is 1.03 bits per heavy atom. The van der Waals surface area contributed by atoms with Crippen LogP contribution in [0.5, 0.6) is 11.5 Å². The van der Waals surface area contributed by atoms with Crippen LogP contribution in [0.15, 0.2) is 42.5 Å². The third-order valence-corrected chi connectivity index (χ3v) is 4.82. The molecule has 0 unspecified atom stereocenters. The van der Waals surface area contributed by atoms with Crippen molar-refractivity contribution < 1.29 is 13.9 Å². The first-order valence-corrected chi connectivity index (χ1v) is 8.90. The molecule has 2 aromatic heterocycles. The molecule has 0 aliphatic heterocycles. The Balaban J connectivity index is 2.07. The quantitative estimate of drug-likeness (QED) is 0.510. The number of nitrogen functional groups attached to an aromatic ring is 1. The summed E-state index contributed by atoms with van der Waals surface area (Å²) in [6.45, 7) is -0.132. The summed E-state index contributed by atoms with van der Waals surface area (Å²) < 4.78 is 12.4. The topological polar surface area (TPSA) is 136 Å². The summed E-state index contributed by atoms with van der Waals surface area (Å²) in [5, 5.41) is 28.6. The van der Waals surface area contributed by atoms with Crippen molar-refractivity contribution in [2.75, 3.05) is 19.5 Å². The second kappa shape index (κ2) is 7.35. The first kappa shape index (κ1) is 18.6. The van der Waals surface area contributed by atoms with Crippen molar-refractivity contribution in [3.05, 3.63) is 53.6 Å². The number of ether oxygens (including phenoxy) is 2. The first-order valence-electron chi connectivity index (χ1n) is 8.90.